The number of aromatic nitrogens is 1. The Balaban J connectivity index is 2.35. The lowest BCUT2D eigenvalue weighted by atomic mass is 10.0. The highest BCUT2D eigenvalue weighted by atomic mass is 16.5. The molecular weight excluding hydrogens is 214 g/mol. The molecule has 1 heterocycles. The van der Waals surface area contributed by atoms with Gasteiger partial charge in [0.05, 0.1) is 11.6 Å². The minimum absolute atomic E-state index is 0.163. The van der Waals surface area contributed by atoms with Crippen LogP contribution in [-0.2, 0) is 4.74 Å². The Kier molecular flexibility index (Phi) is 3.71. The molecule has 0 spiro atoms. The minimum Gasteiger partial charge on any atom is -0.386 e. The summed E-state index contributed by atoms with van der Waals surface area (Å²) in [7, 11) is 1.62. The minimum atomic E-state index is -0.588. The number of hydrogen-bond acceptors (Lipinski definition) is 3. The molecule has 2 atom stereocenters. The van der Waals surface area contributed by atoms with Crippen LogP contribution in [0.3, 0.4) is 0 Å². The van der Waals surface area contributed by atoms with Crippen LogP contribution in [0.4, 0.5) is 0 Å². The van der Waals surface area contributed by atoms with E-state index in [2.05, 4.69) is 4.98 Å². The SMILES string of the molecule is CCC(OC)C(O)c1ccc2ncccc2c1. The zero-order valence-electron chi connectivity index (χ0n) is 10.1. The smallest absolute Gasteiger partial charge is 0.105 e. The van der Waals surface area contributed by atoms with Gasteiger partial charge in [-0.25, -0.2) is 0 Å². The molecule has 0 aliphatic rings. The van der Waals surface area contributed by atoms with E-state index in [4.69, 9.17) is 4.74 Å². The van der Waals surface area contributed by atoms with Gasteiger partial charge in [-0.2, -0.15) is 0 Å². The van der Waals surface area contributed by atoms with Crippen molar-refractivity contribution >= 4 is 10.9 Å². The molecule has 2 unspecified atom stereocenters. The van der Waals surface area contributed by atoms with Crippen LogP contribution >= 0.6 is 0 Å². The van der Waals surface area contributed by atoms with Crippen LogP contribution in [-0.4, -0.2) is 23.3 Å². The van der Waals surface area contributed by atoms with Gasteiger partial charge in [0.1, 0.15) is 6.10 Å². The summed E-state index contributed by atoms with van der Waals surface area (Å²) in [6.07, 6.45) is 1.80. The predicted octanol–water partition coefficient (Wildman–Crippen LogP) is 2.69. The lowest BCUT2D eigenvalue weighted by molar-refractivity contribution is -0.0148. The van der Waals surface area contributed by atoms with Gasteiger partial charge in [0.15, 0.2) is 0 Å². The van der Waals surface area contributed by atoms with E-state index < -0.39 is 6.10 Å². The van der Waals surface area contributed by atoms with Gasteiger partial charge in [0.2, 0.25) is 0 Å². The number of methoxy groups -OCH3 is 1. The number of rotatable bonds is 4. The highest BCUT2D eigenvalue weighted by Crippen LogP contribution is 2.24. The fourth-order valence-corrected chi connectivity index (χ4v) is 2.01. The first-order valence-corrected chi connectivity index (χ1v) is 5.81. The van der Waals surface area contributed by atoms with Gasteiger partial charge in [-0.1, -0.05) is 19.1 Å². The third kappa shape index (κ3) is 2.46. The molecule has 1 aromatic carbocycles. The summed E-state index contributed by atoms with van der Waals surface area (Å²) >= 11 is 0. The number of pyridine rings is 1. The molecule has 0 fully saturated rings. The maximum absolute atomic E-state index is 10.2. The summed E-state index contributed by atoms with van der Waals surface area (Å²) in [6, 6.07) is 9.69. The fourth-order valence-electron chi connectivity index (χ4n) is 2.01. The quantitative estimate of drug-likeness (QED) is 0.879. The summed E-state index contributed by atoms with van der Waals surface area (Å²) in [4.78, 5) is 4.25. The first-order chi connectivity index (χ1) is 8.26. The highest BCUT2D eigenvalue weighted by Gasteiger charge is 2.18. The molecule has 2 rings (SSSR count). The van der Waals surface area contributed by atoms with Crippen molar-refractivity contribution in [2.75, 3.05) is 7.11 Å². The summed E-state index contributed by atoms with van der Waals surface area (Å²) in [5, 5.41) is 11.2. The standard InChI is InChI=1S/C14H17NO2/c1-3-13(17-2)14(16)11-6-7-12-10(9-11)5-4-8-15-12/h4-9,13-14,16H,3H2,1-2H3. The molecule has 3 nitrogen and oxygen atoms in total. The number of aliphatic hydroxyl groups excluding tert-OH is 1. The van der Waals surface area contributed by atoms with Gasteiger partial charge in [-0.15, -0.1) is 0 Å². The predicted molar refractivity (Wildman–Crippen MR) is 67.8 cm³/mol. The average molecular weight is 231 g/mol. The Labute approximate surface area is 101 Å². The van der Waals surface area contributed by atoms with Crippen molar-refractivity contribution in [2.24, 2.45) is 0 Å². The van der Waals surface area contributed by atoms with Crippen molar-refractivity contribution in [1.29, 1.82) is 0 Å². The second kappa shape index (κ2) is 5.25. The summed E-state index contributed by atoms with van der Waals surface area (Å²) in [6.45, 7) is 2.00. The van der Waals surface area contributed by atoms with Crippen molar-refractivity contribution in [3.63, 3.8) is 0 Å². The largest absolute Gasteiger partial charge is 0.386 e. The van der Waals surface area contributed by atoms with E-state index in [1.807, 2.05) is 37.3 Å². The number of nitrogens with zero attached hydrogens (tertiary/aromatic N) is 1. The van der Waals surface area contributed by atoms with Crippen molar-refractivity contribution in [1.82, 2.24) is 4.98 Å². The van der Waals surface area contributed by atoms with Crippen molar-refractivity contribution in [3.05, 3.63) is 42.1 Å². The molecule has 0 saturated carbocycles. The second-order valence-electron chi connectivity index (χ2n) is 4.08. The maximum atomic E-state index is 10.2. The zero-order chi connectivity index (χ0) is 12.3. The van der Waals surface area contributed by atoms with Gasteiger partial charge >= 0.3 is 0 Å². The maximum Gasteiger partial charge on any atom is 0.105 e. The van der Waals surface area contributed by atoms with E-state index in [0.29, 0.717) is 0 Å². The van der Waals surface area contributed by atoms with Crippen molar-refractivity contribution < 1.29 is 9.84 Å². The topological polar surface area (TPSA) is 42.4 Å². The number of hydrogen-bond donors (Lipinski definition) is 1. The van der Waals surface area contributed by atoms with Gasteiger partial charge in [-0.05, 0) is 30.2 Å². The second-order valence-corrected chi connectivity index (χ2v) is 4.08. The van der Waals surface area contributed by atoms with Gasteiger partial charge in [0, 0.05) is 18.7 Å². The van der Waals surface area contributed by atoms with Gasteiger partial charge in [-0.3, -0.25) is 4.98 Å². The fraction of sp³-hybridized carbons (Fsp3) is 0.357. The van der Waals surface area contributed by atoms with Gasteiger partial charge in [0.25, 0.3) is 0 Å². The molecule has 0 bridgehead atoms. The van der Waals surface area contributed by atoms with Gasteiger partial charge < -0.3 is 9.84 Å². The van der Waals surface area contributed by atoms with Crippen LogP contribution < -0.4 is 0 Å². The summed E-state index contributed by atoms with van der Waals surface area (Å²) in [5.74, 6) is 0. The molecule has 0 aliphatic heterocycles. The van der Waals surface area contributed by atoms with Crippen molar-refractivity contribution in [3.8, 4) is 0 Å². The van der Waals surface area contributed by atoms with E-state index in [1.165, 1.54) is 0 Å². The van der Waals surface area contributed by atoms with Crippen LogP contribution in [0.2, 0.25) is 0 Å². The highest BCUT2D eigenvalue weighted by molar-refractivity contribution is 5.79. The van der Waals surface area contributed by atoms with E-state index in [-0.39, 0.29) is 6.10 Å². The van der Waals surface area contributed by atoms with Crippen LogP contribution in [0.1, 0.15) is 25.0 Å². The molecule has 1 aromatic heterocycles. The molecule has 90 valence electrons. The molecule has 3 heteroatoms. The van der Waals surface area contributed by atoms with Crippen LogP contribution in [0.15, 0.2) is 36.5 Å². The van der Waals surface area contributed by atoms with E-state index in [1.54, 1.807) is 13.3 Å². The number of benzene rings is 1. The molecular formula is C14H17NO2. The molecule has 1 N–H and O–H groups in total. The van der Waals surface area contributed by atoms with Crippen LogP contribution in [0.5, 0.6) is 0 Å². The third-order valence-corrected chi connectivity index (χ3v) is 3.03. The lowest BCUT2D eigenvalue weighted by Crippen LogP contribution is -2.19. The molecule has 0 amide bonds. The first kappa shape index (κ1) is 12.0. The average Bonchev–Trinajstić information content (AvgIpc) is 2.39. The normalized spacial score (nSPS) is 14.8. The lowest BCUT2D eigenvalue weighted by Gasteiger charge is -2.20. The molecule has 2 aromatic rings. The van der Waals surface area contributed by atoms with Crippen molar-refractivity contribution in [2.45, 2.75) is 25.6 Å². The Morgan fingerprint density at radius 1 is 1.35 bits per heavy atom. The van der Waals surface area contributed by atoms with Crippen LogP contribution in [0, 0.1) is 0 Å². The Morgan fingerprint density at radius 3 is 2.88 bits per heavy atom. The third-order valence-electron chi connectivity index (χ3n) is 3.03. The Morgan fingerprint density at radius 2 is 2.18 bits per heavy atom. The number of ether oxygens (including phenoxy) is 1. The number of aliphatic hydroxyl groups is 1. The van der Waals surface area contributed by atoms with E-state index >= 15 is 0 Å². The summed E-state index contributed by atoms with van der Waals surface area (Å²) in [5.41, 5.74) is 1.81. The zero-order valence-corrected chi connectivity index (χ0v) is 10.1. The van der Waals surface area contributed by atoms with Crippen LogP contribution in [0.25, 0.3) is 10.9 Å². The first-order valence-electron chi connectivity index (χ1n) is 5.81. The molecule has 0 radical (unpaired) electrons. The monoisotopic (exact) mass is 231 g/mol. The molecule has 17 heavy (non-hydrogen) atoms. The molecule has 0 saturated heterocycles. The Hall–Kier alpha value is -1.45. The molecule has 0 aliphatic carbocycles. The summed E-state index contributed by atoms with van der Waals surface area (Å²) < 4.78 is 5.26. The van der Waals surface area contributed by atoms with E-state index in [0.717, 1.165) is 22.9 Å². The Bertz CT molecular complexity index is 494. The van der Waals surface area contributed by atoms with E-state index in [9.17, 15) is 5.11 Å². The number of fused-ring (bicyclic) bond motifs is 1.